The topological polar surface area (TPSA) is 71.1 Å². The molecule has 0 bridgehead atoms. The fraction of sp³-hybridized carbons (Fsp3) is 0.267. The number of alkyl halides is 3. The minimum Gasteiger partial charge on any atom is -0.244 e. The van der Waals surface area contributed by atoms with Gasteiger partial charge in [0.25, 0.3) is 10.2 Å². The molecule has 0 saturated carbocycles. The molecular formula is C15H12ClF4N3O2S. The number of benzene rings is 1. The van der Waals surface area contributed by atoms with Crippen LogP contribution in [0.25, 0.3) is 0 Å². The third-order valence-corrected chi connectivity index (χ3v) is 5.62. The smallest absolute Gasteiger partial charge is 0.244 e. The maximum absolute atomic E-state index is 14.0. The zero-order valence-corrected chi connectivity index (χ0v) is 14.7. The fourth-order valence-corrected chi connectivity index (χ4v) is 4.54. The van der Waals surface area contributed by atoms with Crippen molar-refractivity contribution in [1.29, 1.82) is 0 Å². The number of hydrogen-bond donors (Lipinski definition) is 2. The molecule has 3 rings (SSSR count). The molecule has 0 aliphatic carbocycles. The van der Waals surface area contributed by atoms with Crippen molar-refractivity contribution < 1.29 is 26.0 Å². The first-order valence-electron chi connectivity index (χ1n) is 7.22. The summed E-state index contributed by atoms with van der Waals surface area (Å²) in [5, 5.41) is 0.184. The van der Waals surface area contributed by atoms with Crippen LogP contribution in [0.1, 0.15) is 29.7 Å². The first kappa shape index (κ1) is 19.0. The van der Waals surface area contributed by atoms with Crippen LogP contribution in [0, 0.1) is 5.82 Å². The Hall–Kier alpha value is -1.75. The predicted octanol–water partition coefficient (Wildman–Crippen LogP) is 3.29. The van der Waals surface area contributed by atoms with Crippen molar-refractivity contribution in [2.45, 2.75) is 24.7 Å². The van der Waals surface area contributed by atoms with Gasteiger partial charge in [-0.3, -0.25) is 0 Å². The molecule has 0 amide bonds. The summed E-state index contributed by atoms with van der Waals surface area (Å²) in [6.07, 6.45) is -3.51. The SMILES string of the molecule is CC1(c2ccc(Cl)nc2)NS(=O)(=O)NC1c1ccc(C(F)(F)F)c(F)c1. The molecule has 1 saturated heterocycles. The number of rotatable bonds is 2. The number of nitrogens with one attached hydrogen (secondary N) is 2. The number of nitrogens with zero attached hydrogens (tertiary/aromatic N) is 1. The molecule has 2 N–H and O–H groups in total. The monoisotopic (exact) mass is 409 g/mol. The van der Waals surface area contributed by atoms with E-state index in [1.165, 1.54) is 25.3 Å². The van der Waals surface area contributed by atoms with E-state index in [1.807, 2.05) is 0 Å². The Labute approximate surface area is 151 Å². The molecule has 2 heterocycles. The molecule has 2 atom stereocenters. The highest BCUT2D eigenvalue weighted by Crippen LogP contribution is 2.41. The van der Waals surface area contributed by atoms with E-state index in [4.69, 9.17) is 11.6 Å². The zero-order chi connectivity index (χ0) is 19.3. The molecule has 1 fully saturated rings. The van der Waals surface area contributed by atoms with Gasteiger partial charge in [-0.15, -0.1) is 0 Å². The number of pyridine rings is 1. The Morgan fingerprint density at radius 3 is 2.46 bits per heavy atom. The van der Waals surface area contributed by atoms with Gasteiger partial charge in [-0.1, -0.05) is 23.7 Å². The predicted molar refractivity (Wildman–Crippen MR) is 85.9 cm³/mol. The summed E-state index contributed by atoms with van der Waals surface area (Å²) in [6.45, 7) is 1.51. The van der Waals surface area contributed by atoms with E-state index in [9.17, 15) is 26.0 Å². The molecule has 1 aliphatic heterocycles. The molecule has 11 heteroatoms. The van der Waals surface area contributed by atoms with E-state index in [-0.39, 0.29) is 10.7 Å². The van der Waals surface area contributed by atoms with Crippen molar-refractivity contribution in [3.8, 4) is 0 Å². The molecule has 2 aromatic rings. The van der Waals surface area contributed by atoms with E-state index in [2.05, 4.69) is 14.4 Å². The second-order valence-electron chi connectivity index (χ2n) is 5.97. The van der Waals surface area contributed by atoms with Gasteiger partial charge in [-0.05, 0) is 36.2 Å². The van der Waals surface area contributed by atoms with Crippen LogP contribution >= 0.6 is 11.6 Å². The molecule has 1 aromatic carbocycles. The second-order valence-corrected chi connectivity index (χ2v) is 7.80. The Kier molecular flexibility index (Phi) is 4.50. The van der Waals surface area contributed by atoms with E-state index < -0.39 is 39.3 Å². The average molecular weight is 410 g/mol. The van der Waals surface area contributed by atoms with Crippen LogP contribution in [0.4, 0.5) is 17.6 Å². The first-order chi connectivity index (χ1) is 11.9. The largest absolute Gasteiger partial charge is 0.419 e. The van der Waals surface area contributed by atoms with Gasteiger partial charge >= 0.3 is 6.18 Å². The summed E-state index contributed by atoms with van der Waals surface area (Å²) >= 11 is 5.73. The van der Waals surface area contributed by atoms with Crippen LogP contribution in [0.2, 0.25) is 5.15 Å². The summed E-state index contributed by atoms with van der Waals surface area (Å²) in [4.78, 5) is 3.89. The van der Waals surface area contributed by atoms with Crippen molar-refractivity contribution in [3.05, 3.63) is 64.2 Å². The number of halogens is 5. The summed E-state index contributed by atoms with van der Waals surface area (Å²) in [7, 11) is -3.97. The lowest BCUT2D eigenvalue weighted by Gasteiger charge is -2.30. The molecule has 1 aromatic heterocycles. The number of hydrogen-bond acceptors (Lipinski definition) is 3. The molecular weight excluding hydrogens is 398 g/mol. The first-order valence-corrected chi connectivity index (χ1v) is 9.08. The summed E-state index contributed by atoms with van der Waals surface area (Å²) in [5.41, 5.74) is -2.31. The summed E-state index contributed by atoms with van der Waals surface area (Å²) in [6, 6.07) is 4.19. The average Bonchev–Trinajstić information content (AvgIpc) is 2.77. The van der Waals surface area contributed by atoms with Crippen molar-refractivity contribution in [3.63, 3.8) is 0 Å². The van der Waals surface area contributed by atoms with Gasteiger partial charge in [-0.2, -0.15) is 31.0 Å². The number of aromatic nitrogens is 1. The molecule has 1 aliphatic rings. The lowest BCUT2D eigenvalue weighted by molar-refractivity contribution is -0.140. The highest BCUT2D eigenvalue weighted by Gasteiger charge is 2.48. The van der Waals surface area contributed by atoms with Gasteiger partial charge in [0.05, 0.1) is 17.1 Å². The maximum atomic E-state index is 14.0. The van der Waals surface area contributed by atoms with Crippen LogP contribution < -0.4 is 9.44 Å². The van der Waals surface area contributed by atoms with Gasteiger partial charge in [0.15, 0.2) is 0 Å². The van der Waals surface area contributed by atoms with Gasteiger partial charge < -0.3 is 0 Å². The second kappa shape index (κ2) is 6.15. The molecule has 26 heavy (non-hydrogen) atoms. The third kappa shape index (κ3) is 3.41. The summed E-state index contributed by atoms with van der Waals surface area (Å²) in [5.74, 6) is -1.49. The van der Waals surface area contributed by atoms with E-state index in [1.54, 1.807) is 0 Å². The minimum atomic E-state index is -4.85. The van der Waals surface area contributed by atoms with E-state index in [0.717, 1.165) is 6.07 Å². The minimum absolute atomic E-state index is 0.0292. The zero-order valence-electron chi connectivity index (χ0n) is 13.1. The highest BCUT2D eigenvalue weighted by atomic mass is 35.5. The molecule has 2 unspecified atom stereocenters. The normalized spacial score (nSPS) is 25.4. The quantitative estimate of drug-likeness (QED) is 0.590. The molecule has 140 valence electrons. The van der Waals surface area contributed by atoms with Crippen LogP contribution in [0.3, 0.4) is 0 Å². The molecule has 0 radical (unpaired) electrons. The highest BCUT2D eigenvalue weighted by molar-refractivity contribution is 7.87. The lowest BCUT2D eigenvalue weighted by Crippen LogP contribution is -2.39. The van der Waals surface area contributed by atoms with Gasteiger partial charge in [0.2, 0.25) is 0 Å². The van der Waals surface area contributed by atoms with E-state index >= 15 is 0 Å². The fourth-order valence-electron chi connectivity index (χ4n) is 2.89. The van der Waals surface area contributed by atoms with Crippen molar-refractivity contribution in [1.82, 2.24) is 14.4 Å². The van der Waals surface area contributed by atoms with Crippen LogP contribution in [-0.2, 0) is 21.9 Å². The Balaban J connectivity index is 2.10. The van der Waals surface area contributed by atoms with E-state index in [0.29, 0.717) is 17.7 Å². The van der Waals surface area contributed by atoms with Crippen LogP contribution in [-0.4, -0.2) is 13.4 Å². The Bertz CT molecular complexity index is 950. The van der Waals surface area contributed by atoms with Crippen molar-refractivity contribution in [2.75, 3.05) is 0 Å². The van der Waals surface area contributed by atoms with Crippen LogP contribution in [0.15, 0.2) is 36.5 Å². The summed E-state index contributed by atoms with van der Waals surface area (Å²) < 4.78 is 81.0. The maximum Gasteiger partial charge on any atom is 0.419 e. The van der Waals surface area contributed by atoms with Gasteiger partial charge in [-0.25, -0.2) is 9.37 Å². The third-order valence-electron chi connectivity index (χ3n) is 4.16. The van der Waals surface area contributed by atoms with Gasteiger partial charge in [0.1, 0.15) is 11.0 Å². The standard InChI is InChI=1S/C15H12ClF4N3O2S/c1-14(9-3-5-12(16)21-7-9)13(22-26(24,25)23-14)8-2-4-10(11(17)6-8)15(18,19)20/h2-7,13,22-23H,1H3. The molecule has 5 nitrogen and oxygen atoms in total. The molecule has 0 spiro atoms. The van der Waals surface area contributed by atoms with Crippen molar-refractivity contribution in [2.24, 2.45) is 0 Å². The Morgan fingerprint density at radius 1 is 1.23 bits per heavy atom. The lowest BCUT2D eigenvalue weighted by atomic mass is 9.83. The van der Waals surface area contributed by atoms with Crippen LogP contribution in [0.5, 0.6) is 0 Å². The van der Waals surface area contributed by atoms with Crippen molar-refractivity contribution >= 4 is 21.8 Å². The van der Waals surface area contributed by atoms with Gasteiger partial charge in [0, 0.05) is 6.20 Å². The Morgan fingerprint density at radius 2 is 1.92 bits per heavy atom.